The molecule has 1 aromatic heterocycles. The molecule has 0 aromatic carbocycles. The van der Waals surface area contributed by atoms with E-state index in [0.29, 0.717) is 17.9 Å². The van der Waals surface area contributed by atoms with Crippen LogP contribution in [0.2, 0.25) is 0 Å². The number of carboxylic acids is 1. The highest BCUT2D eigenvalue weighted by atomic mass is 16.4. The van der Waals surface area contributed by atoms with Crippen LogP contribution in [0.3, 0.4) is 0 Å². The Morgan fingerprint density at radius 3 is 2.80 bits per heavy atom. The fraction of sp³-hybridized carbons (Fsp3) is 0.667. The predicted octanol–water partition coefficient (Wildman–Crippen LogP) is 2.25. The van der Waals surface area contributed by atoms with Crippen LogP contribution >= 0.6 is 0 Å². The molecule has 112 valence electrons. The van der Waals surface area contributed by atoms with E-state index in [9.17, 15) is 4.79 Å². The number of furan rings is 1. The van der Waals surface area contributed by atoms with Crippen LogP contribution in [0.25, 0.3) is 0 Å². The largest absolute Gasteiger partial charge is 0.475 e. The average molecular weight is 280 g/mol. The minimum Gasteiger partial charge on any atom is -0.475 e. The lowest BCUT2D eigenvalue weighted by molar-refractivity contribution is 0.0659. The van der Waals surface area contributed by atoms with E-state index in [1.165, 1.54) is 25.7 Å². The molecule has 1 heterocycles. The van der Waals surface area contributed by atoms with Crippen molar-refractivity contribution >= 4 is 5.97 Å². The van der Waals surface area contributed by atoms with Crippen molar-refractivity contribution in [3.63, 3.8) is 0 Å². The maximum atomic E-state index is 10.9. The lowest BCUT2D eigenvalue weighted by Crippen LogP contribution is -2.35. The molecule has 0 amide bonds. The maximum absolute atomic E-state index is 10.9. The second kappa shape index (κ2) is 6.90. The monoisotopic (exact) mass is 280 g/mol. The van der Waals surface area contributed by atoms with Crippen molar-refractivity contribution in [3.05, 3.63) is 23.2 Å². The molecule has 1 aliphatic rings. The second-order valence-corrected chi connectivity index (χ2v) is 5.63. The third-order valence-electron chi connectivity index (χ3n) is 4.05. The number of carboxylic acid groups (broad SMARTS) is 1. The molecule has 1 aliphatic carbocycles. The molecule has 5 nitrogen and oxygen atoms in total. The highest BCUT2D eigenvalue weighted by molar-refractivity contribution is 5.86. The zero-order valence-electron chi connectivity index (χ0n) is 12.3. The van der Waals surface area contributed by atoms with Gasteiger partial charge in [-0.25, -0.2) is 4.79 Å². The number of carbonyl (C=O) groups is 1. The summed E-state index contributed by atoms with van der Waals surface area (Å²) in [6, 6.07) is 2.53. The standard InChI is InChI=1S/C15H24N2O3/c1-11-9-13(20-14(11)15(18)19)10-16-7-8-17(2)12-5-3-4-6-12/h9,12,16H,3-8,10H2,1-2H3,(H,18,19). The molecule has 1 aromatic rings. The van der Waals surface area contributed by atoms with Crippen LogP contribution < -0.4 is 5.32 Å². The van der Waals surface area contributed by atoms with Gasteiger partial charge in [-0.1, -0.05) is 12.8 Å². The van der Waals surface area contributed by atoms with Gasteiger partial charge in [0.2, 0.25) is 5.76 Å². The van der Waals surface area contributed by atoms with Crippen molar-refractivity contribution in [2.45, 2.75) is 45.2 Å². The molecule has 0 aliphatic heterocycles. The number of nitrogens with zero attached hydrogens (tertiary/aromatic N) is 1. The minimum absolute atomic E-state index is 0.0462. The molecular weight excluding hydrogens is 256 g/mol. The third-order valence-corrected chi connectivity index (χ3v) is 4.05. The first-order valence-electron chi connectivity index (χ1n) is 7.31. The number of nitrogens with one attached hydrogen (secondary N) is 1. The highest BCUT2D eigenvalue weighted by Gasteiger charge is 2.19. The molecule has 0 radical (unpaired) electrons. The van der Waals surface area contributed by atoms with E-state index < -0.39 is 5.97 Å². The maximum Gasteiger partial charge on any atom is 0.372 e. The number of aryl methyl sites for hydroxylation is 1. The van der Waals surface area contributed by atoms with Crippen molar-refractivity contribution in [2.75, 3.05) is 20.1 Å². The Balaban J connectivity index is 1.70. The quantitative estimate of drug-likeness (QED) is 0.750. The van der Waals surface area contributed by atoms with E-state index in [2.05, 4.69) is 17.3 Å². The van der Waals surface area contributed by atoms with Crippen molar-refractivity contribution in [2.24, 2.45) is 0 Å². The molecule has 0 bridgehead atoms. The van der Waals surface area contributed by atoms with Gasteiger partial charge in [-0.15, -0.1) is 0 Å². The lowest BCUT2D eigenvalue weighted by atomic mass is 10.2. The molecule has 0 saturated heterocycles. The summed E-state index contributed by atoms with van der Waals surface area (Å²) < 4.78 is 5.31. The van der Waals surface area contributed by atoms with Crippen molar-refractivity contribution < 1.29 is 14.3 Å². The fourth-order valence-electron chi connectivity index (χ4n) is 2.84. The van der Waals surface area contributed by atoms with Crippen LogP contribution in [-0.2, 0) is 6.54 Å². The van der Waals surface area contributed by atoms with Gasteiger partial charge < -0.3 is 19.7 Å². The zero-order valence-corrected chi connectivity index (χ0v) is 12.3. The van der Waals surface area contributed by atoms with Crippen LogP contribution in [-0.4, -0.2) is 42.2 Å². The summed E-state index contributed by atoms with van der Waals surface area (Å²) >= 11 is 0. The molecule has 5 heteroatoms. The van der Waals surface area contributed by atoms with Gasteiger partial charge >= 0.3 is 5.97 Å². The van der Waals surface area contributed by atoms with Gasteiger partial charge in [0.15, 0.2) is 0 Å². The Bertz CT molecular complexity index is 450. The molecule has 2 N–H and O–H groups in total. The van der Waals surface area contributed by atoms with Crippen molar-refractivity contribution in [1.82, 2.24) is 10.2 Å². The summed E-state index contributed by atoms with van der Waals surface area (Å²) in [7, 11) is 2.18. The number of aromatic carboxylic acids is 1. The first-order valence-corrected chi connectivity index (χ1v) is 7.31. The van der Waals surface area contributed by atoms with Gasteiger partial charge in [-0.3, -0.25) is 0 Å². The van der Waals surface area contributed by atoms with Crippen molar-refractivity contribution in [1.29, 1.82) is 0 Å². The molecule has 2 rings (SSSR count). The second-order valence-electron chi connectivity index (χ2n) is 5.63. The number of hydrogen-bond acceptors (Lipinski definition) is 4. The van der Waals surface area contributed by atoms with Crippen LogP contribution in [0, 0.1) is 6.92 Å². The molecule has 0 atom stereocenters. The van der Waals surface area contributed by atoms with Crippen LogP contribution in [0.4, 0.5) is 0 Å². The normalized spacial score (nSPS) is 16.1. The summed E-state index contributed by atoms with van der Waals surface area (Å²) in [5.41, 5.74) is 0.678. The molecule has 20 heavy (non-hydrogen) atoms. The summed E-state index contributed by atoms with van der Waals surface area (Å²) in [4.78, 5) is 13.3. The number of rotatable bonds is 7. The molecular formula is C15H24N2O3. The Labute approximate surface area is 119 Å². The van der Waals surface area contributed by atoms with E-state index in [4.69, 9.17) is 9.52 Å². The minimum atomic E-state index is -1.00. The Kier molecular flexibility index (Phi) is 5.20. The summed E-state index contributed by atoms with van der Waals surface area (Å²) in [5, 5.41) is 12.2. The summed E-state index contributed by atoms with van der Waals surface area (Å²) in [6.07, 6.45) is 5.34. The van der Waals surface area contributed by atoms with E-state index in [1.54, 1.807) is 13.0 Å². The topological polar surface area (TPSA) is 65.7 Å². The van der Waals surface area contributed by atoms with Crippen LogP contribution in [0.1, 0.15) is 47.6 Å². The van der Waals surface area contributed by atoms with Gasteiger partial charge in [0, 0.05) is 24.7 Å². The average Bonchev–Trinajstić information content (AvgIpc) is 3.03. The van der Waals surface area contributed by atoms with E-state index >= 15 is 0 Å². The van der Waals surface area contributed by atoms with Gasteiger partial charge in [-0.2, -0.15) is 0 Å². The van der Waals surface area contributed by atoms with Crippen LogP contribution in [0.15, 0.2) is 10.5 Å². The van der Waals surface area contributed by atoms with Gasteiger partial charge in [0.05, 0.1) is 6.54 Å². The lowest BCUT2D eigenvalue weighted by Gasteiger charge is -2.23. The third kappa shape index (κ3) is 3.84. The van der Waals surface area contributed by atoms with E-state index in [0.717, 1.165) is 19.1 Å². The number of likely N-dealkylation sites (N-methyl/N-ethyl adjacent to an activating group) is 1. The first-order chi connectivity index (χ1) is 9.58. The first kappa shape index (κ1) is 15.1. The van der Waals surface area contributed by atoms with Gasteiger partial charge in [0.1, 0.15) is 5.76 Å². The van der Waals surface area contributed by atoms with Gasteiger partial charge in [0.25, 0.3) is 0 Å². The molecule has 0 unspecified atom stereocenters. The van der Waals surface area contributed by atoms with Crippen LogP contribution in [0.5, 0.6) is 0 Å². The summed E-state index contributed by atoms with van der Waals surface area (Å²) in [5.74, 6) is -0.275. The zero-order chi connectivity index (χ0) is 14.5. The Morgan fingerprint density at radius 2 is 2.20 bits per heavy atom. The summed E-state index contributed by atoms with van der Waals surface area (Å²) in [6.45, 7) is 4.22. The molecule has 0 spiro atoms. The smallest absolute Gasteiger partial charge is 0.372 e. The van der Waals surface area contributed by atoms with E-state index in [-0.39, 0.29) is 5.76 Å². The predicted molar refractivity (Wildman–Crippen MR) is 77.0 cm³/mol. The Morgan fingerprint density at radius 1 is 1.50 bits per heavy atom. The number of hydrogen-bond donors (Lipinski definition) is 2. The fourth-order valence-corrected chi connectivity index (χ4v) is 2.84. The van der Waals surface area contributed by atoms with Gasteiger partial charge in [-0.05, 0) is 32.9 Å². The Hall–Kier alpha value is -1.33. The molecule has 1 saturated carbocycles. The SMILES string of the molecule is Cc1cc(CNCCN(C)C2CCCC2)oc1C(=O)O. The van der Waals surface area contributed by atoms with Crippen molar-refractivity contribution in [3.8, 4) is 0 Å². The highest BCUT2D eigenvalue weighted by Crippen LogP contribution is 2.21. The van der Waals surface area contributed by atoms with E-state index in [1.807, 2.05) is 0 Å². The molecule has 1 fully saturated rings.